The molecule has 0 spiro atoms. The van der Waals surface area contributed by atoms with Crippen molar-refractivity contribution in [3.8, 4) is 11.8 Å². The largest absolute Gasteiger partial charge is 0.384 e. The lowest BCUT2D eigenvalue weighted by molar-refractivity contribution is 0.0955. The van der Waals surface area contributed by atoms with Gasteiger partial charge in [0.1, 0.15) is 6.61 Å². The summed E-state index contributed by atoms with van der Waals surface area (Å²) < 4.78 is 0. The fourth-order valence-electron chi connectivity index (χ4n) is 1.81. The van der Waals surface area contributed by atoms with Crippen LogP contribution in [0.5, 0.6) is 0 Å². The van der Waals surface area contributed by atoms with Gasteiger partial charge in [0.25, 0.3) is 5.91 Å². The van der Waals surface area contributed by atoms with Crippen molar-refractivity contribution in [2.24, 2.45) is 0 Å². The maximum atomic E-state index is 12.0. The van der Waals surface area contributed by atoms with Crippen LogP contribution in [0, 0.1) is 11.8 Å². The first-order valence-corrected chi connectivity index (χ1v) is 7.60. The molecule has 0 aliphatic rings. The Morgan fingerprint density at radius 1 is 1.24 bits per heavy atom. The SMILES string of the molecule is CCc1ccc(C(=O)NCc2ccc(C#CCO)cc2)s1. The Kier molecular flexibility index (Phi) is 5.56. The number of benzene rings is 1. The Balaban J connectivity index is 1.91. The highest BCUT2D eigenvalue weighted by Crippen LogP contribution is 2.16. The summed E-state index contributed by atoms with van der Waals surface area (Å²) in [5.41, 5.74) is 1.87. The lowest BCUT2D eigenvalue weighted by atomic mass is 10.1. The van der Waals surface area contributed by atoms with Gasteiger partial charge in [-0.1, -0.05) is 30.9 Å². The molecule has 21 heavy (non-hydrogen) atoms. The Morgan fingerprint density at radius 3 is 2.62 bits per heavy atom. The van der Waals surface area contributed by atoms with Gasteiger partial charge in [-0.25, -0.2) is 0 Å². The van der Waals surface area contributed by atoms with Crippen molar-refractivity contribution in [3.05, 3.63) is 57.3 Å². The monoisotopic (exact) mass is 299 g/mol. The number of hydrogen-bond donors (Lipinski definition) is 2. The number of carbonyl (C=O) groups excluding carboxylic acids is 1. The maximum Gasteiger partial charge on any atom is 0.261 e. The molecule has 1 aromatic heterocycles. The molecular weight excluding hydrogens is 282 g/mol. The molecule has 4 heteroatoms. The molecule has 0 bridgehead atoms. The summed E-state index contributed by atoms with van der Waals surface area (Å²) in [5.74, 6) is 5.40. The molecule has 0 aliphatic heterocycles. The number of thiophene rings is 1. The normalized spacial score (nSPS) is 9.81. The summed E-state index contributed by atoms with van der Waals surface area (Å²) >= 11 is 1.53. The van der Waals surface area contributed by atoms with Crippen LogP contribution in [-0.2, 0) is 13.0 Å². The number of nitrogens with one attached hydrogen (secondary N) is 1. The van der Waals surface area contributed by atoms with Crippen LogP contribution in [0.3, 0.4) is 0 Å². The highest BCUT2D eigenvalue weighted by Gasteiger charge is 2.08. The topological polar surface area (TPSA) is 49.3 Å². The summed E-state index contributed by atoms with van der Waals surface area (Å²) in [6, 6.07) is 11.5. The van der Waals surface area contributed by atoms with Crippen molar-refractivity contribution in [1.29, 1.82) is 0 Å². The van der Waals surface area contributed by atoms with Crippen LogP contribution in [0.4, 0.5) is 0 Å². The fraction of sp³-hybridized carbons (Fsp3) is 0.235. The number of aryl methyl sites for hydroxylation is 1. The van der Waals surface area contributed by atoms with Gasteiger partial charge in [0.15, 0.2) is 0 Å². The Labute approximate surface area is 128 Å². The third kappa shape index (κ3) is 4.45. The minimum absolute atomic E-state index is 0.0381. The number of carbonyl (C=O) groups is 1. The van der Waals surface area contributed by atoms with Gasteiger partial charge in [0.2, 0.25) is 0 Å². The molecule has 3 nitrogen and oxygen atoms in total. The van der Waals surface area contributed by atoms with E-state index in [9.17, 15) is 4.79 Å². The second kappa shape index (κ2) is 7.63. The zero-order valence-corrected chi connectivity index (χ0v) is 12.7. The van der Waals surface area contributed by atoms with Gasteiger partial charge in [0, 0.05) is 17.0 Å². The first-order valence-electron chi connectivity index (χ1n) is 6.78. The van der Waals surface area contributed by atoms with Gasteiger partial charge in [-0.15, -0.1) is 11.3 Å². The van der Waals surface area contributed by atoms with E-state index in [2.05, 4.69) is 24.1 Å². The van der Waals surface area contributed by atoms with E-state index in [1.807, 2.05) is 36.4 Å². The van der Waals surface area contributed by atoms with E-state index < -0.39 is 0 Å². The van der Waals surface area contributed by atoms with Gasteiger partial charge in [-0.05, 0) is 36.2 Å². The highest BCUT2D eigenvalue weighted by atomic mass is 32.1. The van der Waals surface area contributed by atoms with E-state index in [1.54, 1.807) is 0 Å². The molecule has 0 fully saturated rings. The van der Waals surface area contributed by atoms with Crippen LogP contribution < -0.4 is 5.32 Å². The van der Waals surface area contributed by atoms with Gasteiger partial charge < -0.3 is 10.4 Å². The summed E-state index contributed by atoms with van der Waals surface area (Å²) in [4.78, 5) is 14.0. The number of hydrogen-bond acceptors (Lipinski definition) is 3. The fourth-order valence-corrected chi connectivity index (χ4v) is 2.67. The molecule has 0 saturated carbocycles. The second-order valence-corrected chi connectivity index (χ2v) is 5.63. The first kappa shape index (κ1) is 15.3. The number of aliphatic hydroxyl groups excluding tert-OH is 1. The van der Waals surface area contributed by atoms with Crippen molar-refractivity contribution in [3.63, 3.8) is 0 Å². The zero-order chi connectivity index (χ0) is 15.1. The average molecular weight is 299 g/mol. The average Bonchev–Trinajstić information content (AvgIpc) is 3.00. The molecule has 0 saturated heterocycles. The van der Waals surface area contributed by atoms with Crippen LogP contribution >= 0.6 is 11.3 Å². The van der Waals surface area contributed by atoms with E-state index in [4.69, 9.17) is 5.11 Å². The Bertz CT molecular complexity index is 662. The second-order valence-electron chi connectivity index (χ2n) is 4.46. The number of aliphatic hydroxyl groups is 1. The van der Waals surface area contributed by atoms with Crippen molar-refractivity contribution in [2.45, 2.75) is 19.9 Å². The van der Waals surface area contributed by atoms with Gasteiger partial charge in [0.05, 0.1) is 4.88 Å². The predicted octanol–water partition coefficient (Wildman–Crippen LogP) is 2.58. The quantitative estimate of drug-likeness (QED) is 0.853. The lowest BCUT2D eigenvalue weighted by Gasteiger charge is -2.04. The molecule has 1 heterocycles. The van der Waals surface area contributed by atoms with E-state index in [-0.39, 0.29) is 12.5 Å². The maximum absolute atomic E-state index is 12.0. The van der Waals surface area contributed by atoms with Crippen LogP contribution in [0.1, 0.15) is 32.6 Å². The third-order valence-corrected chi connectivity index (χ3v) is 4.18. The summed E-state index contributed by atoms with van der Waals surface area (Å²) in [5, 5.41) is 11.5. The molecule has 0 atom stereocenters. The summed E-state index contributed by atoms with van der Waals surface area (Å²) in [7, 11) is 0. The Morgan fingerprint density at radius 2 is 2.00 bits per heavy atom. The standard InChI is InChI=1S/C17H17NO2S/c1-2-15-9-10-16(21-15)17(20)18-12-14-7-5-13(6-8-14)4-3-11-19/h5-10,19H,2,11-12H2,1H3,(H,18,20). The molecule has 2 aromatic rings. The van der Waals surface area contributed by atoms with Crippen LogP contribution in [-0.4, -0.2) is 17.6 Å². The zero-order valence-electron chi connectivity index (χ0n) is 11.8. The van der Waals surface area contributed by atoms with Gasteiger partial charge in [-0.2, -0.15) is 0 Å². The van der Waals surface area contributed by atoms with Crippen molar-refractivity contribution in [1.82, 2.24) is 5.32 Å². The molecule has 2 N–H and O–H groups in total. The first-order chi connectivity index (χ1) is 10.2. The van der Waals surface area contributed by atoms with Crippen molar-refractivity contribution >= 4 is 17.2 Å². The van der Waals surface area contributed by atoms with Gasteiger partial charge in [-0.3, -0.25) is 4.79 Å². The minimum Gasteiger partial charge on any atom is -0.384 e. The van der Waals surface area contributed by atoms with E-state index in [0.29, 0.717) is 6.54 Å². The Hall–Kier alpha value is -2.09. The van der Waals surface area contributed by atoms with Crippen molar-refractivity contribution < 1.29 is 9.90 Å². The lowest BCUT2D eigenvalue weighted by Crippen LogP contribution is -2.21. The third-order valence-electron chi connectivity index (χ3n) is 2.95. The summed E-state index contributed by atoms with van der Waals surface area (Å²) in [6.07, 6.45) is 0.953. The van der Waals surface area contributed by atoms with Crippen LogP contribution in [0.25, 0.3) is 0 Å². The van der Waals surface area contributed by atoms with Crippen LogP contribution in [0.15, 0.2) is 36.4 Å². The number of rotatable bonds is 4. The van der Waals surface area contributed by atoms with E-state index in [0.717, 1.165) is 22.4 Å². The minimum atomic E-state index is -0.141. The highest BCUT2D eigenvalue weighted by molar-refractivity contribution is 7.14. The summed E-state index contributed by atoms with van der Waals surface area (Å²) in [6.45, 7) is 2.43. The molecule has 2 rings (SSSR count). The molecule has 108 valence electrons. The van der Waals surface area contributed by atoms with Crippen molar-refractivity contribution in [2.75, 3.05) is 6.61 Å². The molecule has 1 aromatic carbocycles. The molecule has 1 amide bonds. The molecule has 0 unspecified atom stereocenters. The molecular formula is C17H17NO2S. The van der Waals surface area contributed by atoms with Crippen LogP contribution in [0.2, 0.25) is 0 Å². The number of amides is 1. The smallest absolute Gasteiger partial charge is 0.261 e. The van der Waals surface area contributed by atoms with Gasteiger partial charge >= 0.3 is 0 Å². The van der Waals surface area contributed by atoms with E-state index in [1.165, 1.54) is 16.2 Å². The molecule has 0 aliphatic carbocycles. The predicted molar refractivity (Wildman–Crippen MR) is 85.3 cm³/mol. The van der Waals surface area contributed by atoms with E-state index >= 15 is 0 Å². The molecule has 0 radical (unpaired) electrons.